The third-order valence-corrected chi connectivity index (χ3v) is 10.6. The second-order valence-corrected chi connectivity index (χ2v) is 17.6. The number of hydrogen-bond donors (Lipinski definition) is 0. The second kappa shape index (κ2) is 14.2. The van der Waals surface area contributed by atoms with Gasteiger partial charge < -0.3 is 18.7 Å². The minimum Gasteiger partial charge on any atom is -0.459 e. The smallest absolute Gasteiger partial charge is 0.419 e. The fourth-order valence-corrected chi connectivity index (χ4v) is 8.46. The zero-order valence-electron chi connectivity index (χ0n) is 27.1. The van der Waals surface area contributed by atoms with Gasteiger partial charge in [-0.1, -0.05) is 6.07 Å². The summed E-state index contributed by atoms with van der Waals surface area (Å²) in [6.07, 6.45) is -0.466. The fraction of sp³-hybridized carbons (Fsp3) is 0.767. The number of rotatable bonds is 10. The predicted molar refractivity (Wildman–Crippen MR) is 165 cm³/mol. The fourth-order valence-electron chi connectivity index (χ4n) is 4.71. The van der Waals surface area contributed by atoms with Crippen LogP contribution in [0.25, 0.3) is 0 Å². The van der Waals surface area contributed by atoms with Crippen LogP contribution in [0.3, 0.4) is 0 Å². The first-order valence-electron chi connectivity index (χ1n) is 14.7. The summed E-state index contributed by atoms with van der Waals surface area (Å²) in [5, 5.41) is 0.612. The van der Waals surface area contributed by atoms with Crippen molar-refractivity contribution < 1.29 is 37.7 Å². The molecule has 2 unspecified atom stereocenters. The van der Waals surface area contributed by atoms with Crippen molar-refractivity contribution in [3.05, 3.63) is 22.4 Å². The maximum absolute atomic E-state index is 14.5. The van der Waals surface area contributed by atoms with E-state index in [0.29, 0.717) is 25.9 Å². The van der Waals surface area contributed by atoms with Crippen LogP contribution in [0.15, 0.2) is 17.5 Å². The first kappa shape index (κ1) is 36.3. The largest absolute Gasteiger partial charge is 0.459 e. The van der Waals surface area contributed by atoms with Gasteiger partial charge in [-0.15, -0.1) is 11.3 Å². The minimum absolute atomic E-state index is 0.00602. The summed E-state index contributed by atoms with van der Waals surface area (Å²) in [6, 6.07) is 4.02. The van der Waals surface area contributed by atoms with E-state index in [2.05, 4.69) is 4.90 Å². The molecular formula is C30H51N2O8PS. The Morgan fingerprint density at radius 1 is 0.952 bits per heavy atom. The first-order valence-corrected chi connectivity index (χ1v) is 17.3. The maximum atomic E-state index is 14.5. The predicted octanol–water partition coefficient (Wildman–Crippen LogP) is 7.30. The highest BCUT2D eigenvalue weighted by atomic mass is 32.1. The Bertz CT molecular complexity index is 1080. The van der Waals surface area contributed by atoms with Crippen LogP contribution in [-0.4, -0.2) is 82.3 Å². The van der Waals surface area contributed by atoms with Gasteiger partial charge in [0, 0.05) is 37.2 Å². The van der Waals surface area contributed by atoms with Gasteiger partial charge in [-0.05, 0) is 99.9 Å². The Balaban J connectivity index is 2.34. The molecule has 1 saturated heterocycles. The molecule has 0 aliphatic carbocycles. The van der Waals surface area contributed by atoms with Gasteiger partial charge in [0.25, 0.3) is 0 Å². The van der Waals surface area contributed by atoms with E-state index >= 15 is 0 Å². The van der Waals surface area contributed by atoms with Crippen LogP contribution in [0.4, 0.5) is 9.59 Å². The molecule has 2 amide bonds. The number of carbonyl (C=O) groups is 3. The van der Waals surface area contributed by atoms with Gasteiger partial charge in [0.1, 0.15) is 16.8 Å². The van der Waals surface area contributed by atoms with Crippen molar-refractivity contribution in [2.24, 2.45) is 0 Å². The zero-order chi connectivity index (χ0) is 32.0. The van der Waals surface area contributed by atoms with Crippen molar-refractivity contribution in [3.8, 4) is 0 Å². The minimum atomic E-state index is -3.49. The molecule has 12 heteroatoms. The summed E-state index contributed by atoms with van der Waals surface area (Å²) in [7, 11) is -3.49. The molecule has 0 spiro atoms. The van der Waals surface area contributed by atoms with E-state index in [1.54, 1.807) is 80.6 Å². The number of carbonyl (C=O) groups excluding carboxylic acids is 3. The maximum Gasteiger partial charge on any atom is 0.419 e. The molecule has 1 aromatic rings. The number of ether oxygens (including phenoxy) is 3. The Labute approximate surface area is 255 Å². The summed E-state index contributed by atoms with van der Waals surface area (Å²) < 4.78 is 37.3. The lowest BCUT2D eigenvalue weighted by Gasteiger charge is -2.46. The van der Waals surface area contributed by atoms with Crippen LogP contribution in [0.2, 0.25) is 0 Å². The molecule has 1 aliphatic rings. The molecule has 1 fully saturated rings. The van der Waals surface area contributed by atoms with Crippen LogP contribution in [0.1, 0.15) is 93.4 Å². The van der Waals surface area contributed by atoms with Crippen LogP contribution in [0.5, 0.6) is 0 Å². The van der Waals surface area contributed by atoms with E-state index in [0.717, 1.165) is 9.78 Å². The van der Waals surface area contributed by atoms with Gasteiger partial charge in [0.2, 0.25) is 7.37 Å². The van der Waals surface area contributed by atoms with Crippen molar-refractivity contribution in [2.45, 2.75) is 117 Å². The number of unbranched alkanes of at least 4 members (excludes halogenated alkanes) is 1. The molecule has 0 radical (unpaired) electrons. The number of hydrogen-bond acceptors (Lipinski definition) is 10. The lowest BCUT2D eigenvalue weighted by Crippen LogP contribution is -2.56. The molecule has 42 heavy (non-hydrogen) atoms. The van der Waals surface area contributed by atoms with E-state index in [9.17, 15) is 18.9 Å². The van der Waals surface area contributed by atoms with E-state index in [-0.39, 0.29) is 32.3 Å². The highest BCUT2D eigenvalue weighted by molar-refractivity contribution is 7.62. The zero-order valence-corrected chi connectivity index (χ0v) is 28.8. The van der Waals surface area contributed by atoms with Gasteiger partial charge in [-0.3, -0.25) is 14.3 Å². The molecule has 240 valence electrons. The highest BCUT2D eigenvalue weighted by Crippen LogP contribution is 2.64. The van der Waals surface area contributed by atoms with E-state index in [4.69, 9.17) is 18.7 Å². The molecule has 0 aromatic carbocycles. The third kappa shape index (κ3) is 10.6. The summed E-state index contributed by atoms with van der Waals surface area (Å²) in [4.78, 5) is 44.1. The molecule has 2 rings (SSSR count). The summed E-state index contributed by atoms with van der Waals surface area (Å²) >= 11 is 1.63. The van der Waals surface area contributed by atoms with Crippen LogP contribution < -0.4 is 0 Å². The van der Waals surface area contributed by atoms with Crippen molar-refractivity contribution in [1.29, 1.82) is 0 Å². The Hall–Kier alpha value is -1.94. The molecular weight excluding hydrogens is 579 g/mol. The average Bonchev–Trinajstić information content (AvgIpc) is 3.30. The first-order chi connectivity index (χ1) is 19.2. The molecule has 2 heterocycles. The number of nitrogens with zero attached hydrogens (tertiary/aromatic N) is 2. The summed E-state index contributed by atoms with van der Waals surface area (Å²) in [6.45, 7) is 19.1. The quantitative estimate of drug-likeness (QED) is 0.114. The lowest BCUT2D eigenvalue weighted by molar-refractivity contribution is -0.160. The molecule has 2 atom stereocenters. The average molecular weight is 631 g/mol. The second-order valence-electron chi connectivity index (χ2n) is 13.7. The van der Waals surface area contributed by atoms with Gasteiger partial charge in [0.15, 0.2) is 5.16 Å². The summed E-state index contributed by atoms with van der Waals surface area (Å²) in [5.41, 5.74) is -2.41. The van der Waals surface area contributed by atoms with Crippen LogP contribution >= 0.6 is 18.7 Å². The SMILES string of the molecule is CCOP1(=O)CCN(Cc2cccs2)CC1(CCCCN(C(=O)OC(C)(C)C)C(=O)OC(C)(C)C)C(=O)OC(C)(C)C. The normalized spacial score (nSPS) is 22.0. The topological polar surface area (TPSA) is 112 Å². The Morgan fingerprint density at radius 3 is 2.00 bits per heavy atom. The molecule has 1 aromatic heterocycles. The van der Waals surface area contributed by atoms with Gasteiger partial charge >= 0.3 is 18.2 Å². The molecule has 10 nitrogen and oxygen atoms in total. The van der Waals surface area contributed by atoms with Crippen molar-refractivity contribution >= 4 is 36.9 Å². The third-order valence-electron chi connectivity index (χ3n) is 6.37. The highest BCUT2D eigenvalue weighted by Gasteiger charge is 2.59. The molecule has 1 aliphatic heterocycles. The van der Waals surface area contributed by atoms with E-state index in [1.165, 1.54) is 0 Å². The Kier molecular flexibility index (Phi) is 12.3. The van der Waals surface area contributed by atoms with Crippen LogP contribution in [-0.2, 0) is 34.6 Å². The molecule has 0 saturated carbocycles. The number of thiophene rings is 1. The van der Waals surface area contributed by atoms with Crippen molar-refractivity contribution in [3.63, 3.8) is 0 Å². The monoisotopic (exact) mass is 630 g/mol. The van der Waals surface area contributed by atoms with Gasteiger partial charge in [0.05, 0.1) is 6.61 Å². The van der Waals surface area contributed by atoms with Gasteiger partial charge in [-0.25, -0.2) is 14.5 Å². The van der Waals surface area contributed by atoms with Crippen LogP contribution in [0, 0.1) is 0 Å². The van der Waals surface area contributed by atoms with Crippen molar-refractivity contribution in [1.82, 2.24) is 9.80 Å². The lowest BCUT2D eigenvalue weighted by atomic mass is 9.98. The number of imide groups is 1. The summed E-state index contributed by atoms with van der Waals surface area (Å²) in [5.74, 6) is -0.543. The molecule has 0 N–H and O–H groups in total. The molecule has 0 bridgehead atoms. The number of esters is 1. The van der Waals surface area contributed by atoms with E-state index in [1.807, 2.05) is 17.5 Å². The number of amides is 2. The van der Waals surface area contributed by atoms with E-state index < -0.39 is 47.5 Å². The Morgan fingerprint density at radius 2 is 1.52 bits per heavy atom. The standard InChI is InChI=1S/C30H51N2O8PS/c1-11-37-41(36)19-18-31(21-23-15-14-20-42-23)22-30(41,24(33)38-27(2,3)4)16-12-13-17-32(25(34)39-28(5,6)7)26(35)40-29(8,9)10/h14-15,20H,11-13,16-19,21-22H2,1-10H3. The van der Waals surface area contributed by atoms with Crippen molar-refractivity contribution in [2.75, 3.05) is 32.4 Å². The van der Waals surface area contributed by atoms with Gasteiger partial charge in [-0.2, -0.15) is 0 Å².